The first-order valence-electron chi connectivity index (χ1n) is 6.90. The van der Waals surface area contributed by atoms with Crippen LogP contribution in [0, 0.1) is 0 Å². The van der Waals surface area contributed by atoms with Gasteiger partial charge in [-0.15, -0.1) is 0 Å². The van der Waals surface area contributed by atoms with Crippen molar-refractivity contribution >= 4 is 5.96 Å². The van der Waals surface area contributed by atoms with Crippen LogP contribution in [0.1, 0.15) is 37.8 Å². The number of nitrogens with one attached hydrogen (secondary N) is 2. The molecule has 0 amide bonds. The number of aliphatic imine (C=N–C) groups is 1. The molecule has 1 aliphatic rings. The van der Waals surface area contributed by atoms with Crippen molar-refractivity contribution in [2.45, 2.75) is 38.6 Å². The summed E-state index contributed by atoms with van der Waals surface area (Å²) >= 11 is 0. The van der Waals surface area contributed by atoms with Gasteiger partial charge >= 0.3 is 0 Å². The number of hydrogen-bond acceptors (Lipinski definition) is 3. The van der Waals surface area contributed by atoms with Crippen LogP contribution in [-0.4, -0.2) is 24.7 Å². The van der Waals surface area contributed by atoms with Crippen LogP contribution in [-0.2, 0) is 6.54 Å². The molecule has 104 valence electrons. The van der Waals surface area contributed by atoms with E-state index < -0.39 is 0 Å². The maximum Gasteiger partial charge on any atom is 0.191 e. The van der Waals surface area contributed by atoms with Gasteiger partial charge in [0, 0.05) is 19.7 Å². The van der Waals surface area contributed by atoms with Gasteiger partial charge in [0.2, 0.25) is 0 Å². The summed E-state index contributed by atoms with van der Waals surface area (Å²) in [6, 6.07) is 1.84. The third kappa shape index (κ3) is 4.77. The molecule has 0 aromatic carbocycles. The highest BCUT2D eigenvalue weighted by molar-refractivity contribution is 5.79. The Labute approximate surface area is 114 Å². The van der Waals surface area contributed by atoms with E-state index in [0.717, 1.165) is 24.6 Å². The summed E-state index contributed by atoms with van der Waals surface area (Å²) in [5.74, 6) is 0.805. The topological polar surface area (TPSA) is 62.5 Å². The van der Waals surface area contributed by atoms with Crippen molar-refractivity contribution in [3.63, 3.8) is 0 Å². The summed E-state index contributed by atoms with van der Waals surface area (Å²) in [5.41, 5.74) is 2.45. The van der Waals surface area contributed by atoms with Gasteiger partial charge in [-0.05, 0) is 32.1 Å². The van der Waals surface area contributed by atoms with Crippen molar-refractivity contribution in [3.8, 4) is 0 Å². The van der Waals surface area contributed by atoms with Gasteiger partial charge in [-0.1, -0.05) is 16.8 Å². The van der Waals surface area contributed by atoms with Crippen molar-refractivity contribution < 1.29 is 4.52 Å². The monoisotopic (exact) mass is 262 g/mol. The molecule has 1 heterocycles. The van der Waals surface area contributed by atoms with Crippen molar-refractivity contribution in [3.05, 3.63) is 29.7 Å². The molecule has 1 aromatic rings. The Kier molecular flexibility index (Phi) is 5.47. The average molecular weight is 262 g/mol. The second-order valence-corrected chi connectivity index (χ2v) is 4.70. The molecule has 0 radical (unpaired) electrons. The van der Waals surface area contributed by atoms with E-state index in [1.54, 1.807) is 18.9 Å². The number of hydrogen-bond donors (Lipinski definition) is 2. The van der Waals surface area contributed by atoms with Crippen LogP contribution < -0.4 is 10.6 Å². The van der Waals surface area contributed by atoms with E-state index in [4.69, 9.17) is 4.52 Å². The second kappa shape index (κ2) is 7.61. The van der Waals surface area contributed by atoms with Gasteiger partial charge in [0.1, 0.15) is 12.0 Å². The minimum Gasteiger partial charge on any atom is -0.364 e. The number of guanidine groups is 1. The van der Waals surface area contributed by atoms with E-state index in [0.29, 0.717) is 6.54 Å². The Morgan fingerprint density at radius 3 is 3.05 bits per heavy atom. The van der Waals surface area contributed by atoms with E-state index in [1.807, 2.05) is 6.07 Å². The van der Waals surface area contributed by atoms with Crippen LogP contribution in [0.5, 0.6) is 0 Å². The van der Waals surface area contributed by atoms with E-state index in [1.165, 1.54) is 25.7 Å². The summed E-state index contributed by atoms with van der Waals surface area (Å²) in [6.07, 6.45) is 10.2. The van der Waals surface area contributed by atoms with Crippen molar-refractivity contribution in [2.24, 2.45) is 4.99 Å². The normalized spacial score (nSPS) is 16.1. The minimum absolute atomic E-state index is 0.624. The molecule has 0 saturated heterocycles. The van der Waals surface area contributed by atoms with Gasteiger partial charge in [0.25, 0.3) is 0 Å². The second-order valence-electron chi connectivity index (χ2n) is 4.70. The van der Waals surface area contributed by atoms with Crippen LogP contribution in [0.25, 0.3) is 0 Å². The summed E-state index contributed by atoms with van der Waals surface area (Å²) < 4.78 is 4.78. The quantitative estimate of drug-likeness (QED) is 0.485. The fraction of sp³-hybridized carbons (Fsp3) is 0.571. The Morgan fingerprint density at radius 1 is 1.42 bits per heavy atom. The van der Waals surface area contributed by atoms with E-state index in [2.05, 4.69) is 26.9 Å². The molecule has 0 aliphatic heterocycles. The van der Waals surface area contributed by atoms with Crippen LogP contribution >= 0.6 is 0 Å². The van der Waals surface area contributed by atoms with Gasteiger partial charge in [-0.3, -0.25) is 4.99 Å². The third-order valence-corrected chi connectivity index (χ3v) is 3.28. The summed E-state index contributed by atoms with van der Waals surface area (Å²) in [5, 5.41) is 10.4. The molecular formula is C14H22N4O. The molecule has 5 nitrogen and oxygen atoms in total. The lowest BCUT2D eigenvalue weighted by Crippen LogP contribution is -2.37. The van der Waals surface area contributed by atoms with Crippen molar-refractivity contribution in [2.75, 3.05) is 13.6 Å². The lowest BCUT2D eigenvalue weighted by Gasteiger charge is -2.14. The highest BCUT2D eigenvalue weighted by Crippen LogP contribution is 2.19. The predicted molar refractivity (Wildman–Crippen MR) is 75.9 cm³/mol. The third-order valence-electron chi connectivity index (χ3n) is 3.28. The van der Waals surface area contributed by atoms with Crippen LogP contribution in [0.2, 0.25) is 0 Å². The lowest BCUT2D eigenvalue weighted by atomic mass is 9.97. The first-order valence-corrected chi connectivity index (χ1v) is 6.90. The van der Waals surface area contributed by atoms with Crippen molar-refractivity contribution in [1.82, 2.24) is 15.8 Å². The zero-order valence-electron chi connectivity index (χ0n) is 11.5. The summed E-state index contributed by atoms with van der Waals surface area (Å²) in [7, 11) is 1.78. The molecule has 5 heteroatoms. The van der Waals surface area contributed by atoms with Crippen LogP contribution in [0.15, 0.2) is 33.5 Å². The number of allylic oxidation sites excluding steroid dienone is 1. The molecule has 0 bridgehead atoms. The van der Waals surface area contributed by atoms with E-state index >= 15 is 0 Å². The standard InChI is InChI=1S/C14H22N4O/c1-15-14(17-11-13-8-10-19-18-13)16-9-7-12-5-3-2-4-6-12/h5,8,10H,2-4,6-7,9,11H2,1H3,(H2,15,16,17). The number of nitrogens with zero attached hydrogens (tertiary/aromatic N) is 2. The maximum absolute atomic E-state index is 4.78. The molecule has 1 aromatic heterocycles. The highest BCUT2D eigenvalue weighted by Gasteiger charge is 2.04. The van der Waals surface area contributed by atoms with Gasteiger partial charge in [-0.25, -0.2) is 0 Å². The van der Waals surface area contributed by atoms with Gasteiger partial charge in [0.05, 0.1) is 6.54 Å². The number of rotatable bonds is 5. The van der Waals surface area contributed by atoms with Gasteiger partial charge < -0.3 is 15.2 Å². The number of aromatic nitrogens is 1. The molecule has 0 fully saturated rings. The van der Waals surface area contributed by atoms with Crippen molar-refractivity contribution in [1.29, 1.82) is 0 Å². The molecule has 0 spiro atoms. The first-order chi connectivity index (χ1) is 9.38. The Bertz CT molecular complexity index is 423. The fourth-order valence-electron chi connectivity index (χ4n) is 2.20. The van der Waals surface area contributed by atoms with Crippen LogP contribution in [0.4, 0.5) is 0 Å². The lowest BCUT2D eigenvalue weighted by molar-refractivity contribution is 0.410. The minimum atomic E-state index is 0.624. The molecular weight excluding hydrogens is 240 g/mol. The molecule has 0 saturated carbocycles. The Balaban J connectivity index is 1.66. The van der Waals surface area contributed by atoms with E-state index in [9.17, 15) is 0 Å². The van der Waals surface area contributed by atoms with Crippen LogP contribution in [0.3, 0.4) is 0 Å². The Morgan fingerprint density at radius 2 is 2.37 bits per heavy atom. The fourth-order valence-corrected chi connectivity index (χ4v) is 2.20. The molecule has 0 atom stereocenters. The molecule has 19 heavy (non-hydrogen) atoms. The molecule has 1 aliphatic carbocycles. The first kappa shape index (κ1) is 13.6. The SMILES string of the molecule is CN=C(NCCC1=CCCCC1)NCc1ccon1. The molecule has 2 N–H and O–H groups in total. The highest BCUT2D eigenvalue weighted by atomic mass is 16.5. The summed E-state index contributed by atoms with van der Waals surface area (Å²) in [6.45, 7) is 1.54. The predicted octanol–water partition coefficient (Wildman–Crippen LogP) is 2.23. The zero-order chi connectivity index (χ0) is 13.3. The average Bonchev–Trinajstić information content (AvgIpc) is 2.97. The molecule has 2 rings (SSSR count). The Hall–Kier alpha value is -1.78. The largest absolute Gasteiger partial charge is 0.364 e. The van der Waals surface area contributed by atoms with Gasteiger partial charge in [-0.2, -0.15) is 0 Å². The summed E-state index contributed by atoms with van der Waals surface area (Å²) in [4.78, 5) is 4.19. The zero-order valence-corrected chi connectivity index (χ0v) is 11.5. The van der Waals surface area contributed by atoms with Gasteiger partial charge in [0.15, 0.2) is 5.96 Å². The smallest absolute Gasteiger partial charge is 0.191 e. The molecule has 0 unspecified atom stereocenters. The maximum atomic E-state index is 4.78. The van der Waals surface area contributed by atoms with E-state index in [-0.39, 0.29) is 0 Å².